The molecule has 3 rings (SSSR count). The molecule has 9 heteroatoms. The molecule has 5 N–H and O–H groups in total. The number of nitrogens with zero attached hydrogens (tertiary/aromatic N) is 3. The number of anilines is 1. The number of aromatic nitrogens is 2. The maximum atomic E-state index is 12.1. The Balaban J connectivity index is 1.99. The first kappa shape index (κ1) is 22.5. The van der Waals surface area contributed by atoms with Crippen molar-refractivity contribution in [2.24, 2.45) is 5.73 Å². The van der Waals surface area contributed by atoms with Crippen LogP contribution < -0.4 is 21.5 Å². The van der Waals surface area contributed by atoms with E-state index in [1.165, 1.54) is 10.8 Å². The highest BCUT2D eigenvalue weighted by Crippen LogP contribution is 2.27. The first-order valence-electron chi connectivity index (χ1n) is 9.96. The van der Waals surface area contributed by atoms with Gasteiger partial charge in [0.05, 0.1) is 13.2 Å². The van der Waals surface area contributed by atoms with Gasteiger partial charge in [0.25, 0.3) is 5.91 Å². The lowest BCUT2D eigenvalue weighted by atomic mass is 10.1. The van der Waals surface area contributed by atoms with Gasteiger partial charge in [0.2, 0.25) is 5.91 Å². The molecule has 0 spiro atoms. The molecule has 9 nitrogen and oxygen atoms in total. The number of nitrogen functional groups attached to an aromatic ring is 1. The molecule has 0 saturated carbocycles. The Morgan fingerprint density at radius 2 is 2.09 bits per heavy atom. The van der Waals surface area contributed by atoms with Crippen molar-refractivity contribution in [2.75, 3.05) is 33.0 Å². The highest BCUT2D eigenvalue weighted by Gasteiger charge is 2.30. The van der Waals surface area contributed by atoms with E-state index in [-0.39, 0.29) is 29.0 Å². The van der Waals surface area contributed by atoms with E-state index in [1.54, 1.807) is 25.1 Å². The van der Waals surface area contributed by atoms with Crippen LogP contribution in [0.1, 0.15) is 39.6 Å². The fraction of sp³-hybridized carbons (Fsp3) is 0.261. The van der Waals surface area contributed by atoms with Gasteiger partial charge < -0.3 is 26.4 Å². The van der Waals surface area contributed by atoms with E-state index in [0.29, 0.717) is 36.5 Å². The number of nitrogens with one attached hydrogen (secondary N) is 1. The third kappa shape index (κ3) is 4.44. The third-order valence-corrected chi connectivity index (χ3v) is 5.31. The maximum absolute atomic E-state index is 12.1. The Morgan fingerprint density at radius 1 is 1.34 bits per heavy atom. The smallest absolute Gasteiger partial charge is 0.255 e. The summed E-state index contributed by atoms with van der Waals surface area (Å²) in [5.41, 5.74) is 14.2. The second-order valence-electron chi connectivity index (χ2n) is 7.28. The highest BCUT2D eigenvalue weighted by molar-refractivity contribution is 5.99. The summed E-state index contributed by atoms with van der Waals surface area (Å²) in [5.74, 6) is 5.78. The van der Waals surface area contributed by atoms with Gasteiger partial charge in [-0.3, -0.25) is 9.59 Å². The van der Waals surface area contributed by atoms with Gasteiger partial charge in [-0.25, -0.2) is 4.68 Å². The molecule has 0 unspecified atom stereocenters. The van der Waals surface area contributed by atoms with Gasteiger partial charge in [0.1, 0.15) is 17.1 Å². The van der Waals surface area contributed by atoms with Crippen LogP contribution in [0.4, 0.5) is 5.82 Å². The lowest BCUT2D eigenvalue weighted by molar-refractivity contribution is -0.125. The second kappa shape index (κ2) is 9.31. The summed E-state index contributed by atoms with van der Waals surface area (Å²) >= 11 is 0. The number of carbonyl (C=O) groups is 2. The summed E-state index contributed by atoms with van der Waals surface area (Å²) in [6.45, 7) is 8.43. The van der Waals surface area contributed by atoms with E-state index in [9.17, 15) is 9.59 Å². The maximum Gasteiger partial charge on any atom is 0.255 e. The molecule has 32 heavy (non-hydrogen) atoms. The van der Waals surface area contributed by atoms with Gasteiger partial charge in [-0.2, -0.15) is 5.10 Å². The molecule has 166 valence electrons. The predicted molar refractivity (Wildman–Crippen MR) is 123 cm³/mol. The standard InChI is InChI=1S/C23H26N6O3/c1-5-20(30)28-9-8-17(13-28)29-22(24)21(23(25)31)19(27-29)7-6-15-10-16(14(2)26-3)12-18(11-15)32-4/h5,10-12,17,26H,1-2,8-9,13,24H2,3-4H3,(H2,25,31)/t17-/m0/s1. The molecule has 1 fully saturated rings. The zero-order valence-electron chi connectivity index (χ0n) is 18.1. The van der Waals surface area contributed by atoms with Crippen LogP contribution in [0.25, 0.3) is 5.70 Å². The molecular weight excluding hydrogens is 408 g/mol. The number of ether oxygens (including phenoxy) is 1. The Morgan fingerprint density at radius 3 is 2.72 bits per heavy atom. The predicted octanol–water partition coefficient (Wildman–Crippen LogP) is 1.12. The van der Waals surface area contributed by atoms with Gasteiger partial charge >= 0.3 is 0 Å². The molecular formula is C23H26N6O3. The number of hydrogen-bond acceptors (Lipinski definition) is 6. The summed E-state index contributed by atoms with van der Waals surface area (Å²) in [7, 11) is 3.34. The zero-order valence-corrected chi connectivity index (χ0v) is 18.1. The minimum absolute atomic E-state index is 0.0637. The van der Waals surface area contributed by atoms with Crippen molar-refractivity contribution in [1.29, 1.82) is 0 Å². The molecule has 1 aromatic carbocycles. The van der Waals surface area contributed by atoms with Crippen molar-refractivity contribution in [3.63, 3.8) is 0 Å². The zero-order chi connectivity index (χ0) is 23.4. The topological polar surface area (TPSA) is 128 Å². The van der Waals surface area contributed by atoms with Crippen LogP contribution in [0, 0.1) is 11.8 Å². The molecule has 0 radical (unpaired) electrons. The van der Waals surface area contributed by atoms with Crippen molar-refractivity contribution >= 4 is 23.3 Å². The van der Waals surface area contributed by atoms with Crippen molar-refractivity contribution in [3.8, 4) is 17.6 Å². The second-order valence-corrected chi connectivity index (χ2v) is 7.28. The minimum Gasteiger partial charge on any atom is -0.497 e. The SMILES string of the molecule is C=CC(=O)N1CC[C@H](n2nc(C#Cc3cc(OC)cc(C(=C)NC)c3)c(C(N)=O)c2N)C1. The fourth-order valence-electron chi connectivity index (χ4n) is 3.57. The molecule has 1 aliphatic heterocycles. The number of rotatable bonds is 6. The fourth-order valence-corrected chi connectivity index (χ4v) is 3.57. The van der Waals surface area contributed by atoms with E-state index < -0.39 is 5.91 Å². The molecule has 0 aliphatic carbocycles. The van der Waals surface area contributed by atoms with Crippen LogP contribution in [-0.2, 0) is 4.79 Å². The van der Waals surface area contributed by atoms with Gasteiger partial charge in [0, 0.05) is 37.0 Å². The van der Waals surface area contributed by atoms with Gasteiger partial charge in [-0.1, -0.05) is 19.1 Å². The molecule has 1 aromatic heterocycles. The van der Waals surface area contributed by atoms with Crippen LogP contribution in [0.3, 0.4) is 0 Å². The summed E-state index contributed by atoms with van der Waals surface area (Å²) in [6.07, 6.45) is 1.91. The number of carbonyl (C=O) groups excluding carboxylic acids is 2. The average Bonchev–Trinajstić information content (AvgIpc) is 3.40. The molecule has 0 bridgehead atoms. The molecule has 2 heterocycles. The Hall–Kier alpha value is -4.19. The summed E-state index contributed by atoms with van der Waals surface area (Å²) in [4.78, 5) is 25.6. The lowest BCUT2D eigenvalue weighted by Gasteiger charge is -2.15. The Kier molecular flexibility index (Phi) is 6.54. The number of methoxy groups -OCH3 is 1. The summed E-state index contributed by atoms with van der Waals surface area (Å²) in [5, 5.41) is 7.45. The van der Waals surface area contributed by atoms with Crippen LogP contribution in [0.5, 0.6) is 5.75 Å². The Bertz CT molecular complexity index is 1150. The normalized spacial score (nSPS) is 14.9. The van der Waals surface area contributed by atoms with Crippen molar-refractivity contribution in [2.45, 2.75) is 12.5 Å². The number of primary amides is 1. The highest BCUT2D eigenvalue weighted by atomic mass is 16.5. The molecule has 2 aromatic rings. The number of likely N-dealkylation sites (tertiary alicyclic amines) is 1. The Labute approximate surface area is 186 Å². The summed E-state index contributed by atoms with van der Waals surface area (Å²) < 4.78 is 6.87. The number of nitrogens with two attached hydrogens (primary N) is 2. The van der Waals surface area contributed by atoms with E-state index in [0.717, 1.165) is 5.56 Å². The number of benzene rings is 1. The minimum atomic E-state index is -0.718. The first-order chi connectivity index (χ1) is 15.3. The summed E-state index contributed by atoms with van der Waals surface area (Å²) in [6, 6.07) is 5.26. The van der Waals surface area contributed by atoms with E-state index >= 15 is 0 Å². The van der Waals surface area contributed by atoms with E-state index in [4.69, 9.17) is 16.2 Å². The van der Waals surface area contributed by atoms with Crippen LogP contribution >= 0.6 is 0 Å². The van der Waals surface area contributed by atoms with Crippen LogP contribution in [0.2, 0.25) is 0 Å². The lowest BCUT2D eigenvalue weighted by Crippen LogP contribution is -2.27. The quantitative estimate of drug-likeness (QED) is 0.462. The van der Waals surface area contributed by atoms with E-state index in [1.807, 2.05) is 12.1 Å². The van der Waals surface area contributed by atoms with Crippen molar-refractivity contribution in [3.05, 3.63) is 59.8 Å². The van der Waals surface area contributed by atoms with Crippen molar-refractivity contribution in [1.82, 2.24) is 20.0 Å². The van der Waals surface area contributed by atoms with Crippen molar-refractivity contribution < 1.29 is 14.3 Å². The third-order valence-electron chi connectivity index (χ3n) is 5.31. The monoisotopic (exact) mass is 434 g/mol. The van der Waals surface area contributed by atoms with E-state index in [2.05, 4.69) is 35.4 Å². The van der Waals surface area contributed by atoms with Crippen LogP contribution in [-0.4, -0.2) is 53.7 Å². The van der Waals surface area contributed by atoms with Gasteiger partial charge in [-0.15, -0.1) is 0 Å². The number of hydrogen-bond donors (Lipinski definition) is 3. The molecule has 1 atom stereocenters. The largest absolute Gasteiger partial charge is 0.497 e. The molecule has 1 aliphatic rings. The van der Waals surface area contributed by atoms with Gasteiger partial charge in [-0.05, 0) is 36.6 Å². The average molecular weight is 435 g/mol. The number of amides is 2. The van der Waals surface area contributed by atoms with Crippen LogP contribution in [0.15, 0.2) is 37.4 Å². The first-order valence-corrected chi connectivity index (χ1v) is 9.96. The molecule has 2 amide bonds. The molecule has 1 saturated heterocycles. The van der Waals surface area contributed by atoms with Gasteiger partial charge in [0.15, 0.2) is 5.69 Å².